The number of rotatable bonds is 8. The van der Waals surface area contributed by atoms with Gasteiger partial charge in [-0.15, -0.1) is 0 Å². The molecule has 2 heterocycles. The SMILES string of the molecule is Cc1ccccc1CNC(=O)CN1CN(c2ccccc2)C2(CCN(C(=O)[C@H](N)Cc3ccc(Cl)cc3)CC2)C1=O. The maximum atomic E-state index is 14.0. The summed E-state index contributed by atoms with van der Waals surface area (Å²) in [7, 11) is 0. The van der Waals surface area contributed by atoms with E-state index in [4.69, 9.17) is 17.3 Å². The largest absolute Gasteiger partial charge is 0.350 e. The van der Waals surface area contributed by atoms with Crippen LogP contribution in [0.4, 0.5) is 5.69 Å². The number of carbonyl (C=O) groups excluding carboxylic acids is 3. The van der Waals surface area contributed by atoms with Gasteiger partial charge in [-0.05, 0) is 67.1 Å². The second-order valence-corrected chi connectivity index (χ2v) is 11.3. The number of halogens is 1. The predicted octanol–water partition coefficient (Wildman–Crippen LogP) is 3.50. The average Bonchev–Trinajstić information content (AvgIpc) is 3.24. The Bertz CT molecular complexity index is 1390. The second kappa shape index (κ2) is 12.3. The van der Waals surface area contributed by atoms with E-state index in [0.717, 1.165) is 22.4 Å². The van der Waals surface area contributed by atoms with Crippen molar-refractivity contribution in [1.29, 1.82) is 0 Å². The van der Waals surface area contributed by atoms with Gasteiger partial charge in [0, 0.05) is 30.3 Å². The molecular weight excluding hydrogens is 538 g/mol. The minimum absolute atomic E-state index is 0.0234. The van der Waals surface area contributed by atoms with E-state index in [2.05, 4.69) is 10.2 Å². The fourth-order valence-corrected chi connectivity index (χ4v) is 5.97. The number of likely N-dealkylation sites (tertiary alicyclic amines) is 1. The maximum Gasteiger partial charge on any atom is 0.250 e. The Hall–Kier alpha value is -3.88. The quantitative estimate of drug-likeness (QED) is 0.430. The van der Waals surface area contributed by atoms with Gasteiger partial charge >= 0.3 is 0 Å². The van der Waals surface area contributed by atoms with Gasteiger partial charge in [-0.1, -0.05) is 66.2 Å². The molecule has 3 aromatic rings. The number of nitrogens with one attached hydrogen (secondary N) is 1. The first-order valence-corrected chi connectivity index (χ1v) is 14.4. The van der Waals surface area contributed by atoms with Crippen LogP contribution >= 0.6 is 11.6 Å². The van der Waals surface area contributed by atoms with Crippen molar-refractivity contribution in [3.63, 3.8) is 0 Å². The van der Waals surface area contributed by atoms with E-state index in [1.165, 1.54) is 0 Å². The zero-order chi connectivity index (χ0) is 29.0. The van der Waals surface area contributed by atoms with Crippen LogP contribution in [0.1, 0.15) is 29.5 Å². The molecule has 8 nitrogen and oxygen atoms in total. The average molecular weight is 574 g/mol. The molecule has 0 saturated carbocycles. The highest BCUT2D eigenvalue weighted by Crippen LogP contribution is 2.39. The van der Waals surface area contributed by atoms with Crippen LogP contribution in [0.15, 0.2) is 78.9 Å². The van der Waals surface area contributed by atoms with Gasteiger partial charge in [0.2, 0.25) is 11.8 Å². The molecule has 2 fully saturated rings. The van der Waals surface area contributed by atoms with Gasteiger partial charge in [0.05, 0.1) is 12.7 Å². The minimum atomic E-state index is -0.825. The lowest BCUT2D eigenvalue weighted by Gasteiger charge is -2.43. The van der Waals surface area contributed by atoms with Crippen molar-refractivity contribution in [2.45, 2.75) is 44.3 Å². The van der Waals surface area contributed by atoms with Crippen molar-refractivity contribution in [2.24, 2.45) is 5.73 Å². The van der Waals surface area contributed by atoms with Crippen LogP contribution in [0.5, 0.6) is 0 Å². The molecule has 0 unspecified atom stereocenters. The van der Waals surface area contributed by atoms with Crippen molar-refractivity contribution < 1.29 is 14.4 Å². The number of anilines is 1. The smallest absolute Gasteiger partial charge is 0.250 e. The Morgan fingerprint density at radius 3 is 2.32 bits per heavy atom. The summed E-state index contributed by atoms with van der Waals surface area (Å²) in [5.74, 6) is -0.406. The lowest BCUT2D eigenvalue weighted by molar-refractivity contribution is -0.140. The molecule has 3 amide bonds. The summed E-state index contributed by atoms with van der Waals surface area (Å²) in [4.78, 5) is 45.6. The molecule has 2 aliphatic rings. The number of carbonyl (C=O) groups is 3. The fraction of sp³-hybridized carbons (Fsp3) is 0.344. The van der Waals surface area contributed by atoms with Gasteiger partial charge in [-0.3, -0.25) is 14.4 Å². The molecule has 41 heavy (non-hydrogen) atoms. The van der Waals surface area contributed by atoms with Gasteiger partial charge in [-0.2, -0.15) is 0 Å². The molecule has 0 aromatic heterocycles. The number of hydrogen-bond acceptors (Lipinski definition) is 5. The summed E-state index contributed by atoms with van der Waals surface area (Å²) in [6.07, 6.45) is 1.33. The molecule has 0 aliphatic carbocycles. The first-order chi connectivity index (χ1) is 19.8. The Balaban J connectivity index is 1.26. The zero-order valence-electron chi connectivity index (χ0n) is 23.3. The monoisotopic (exact) mass is 573 g/mol. The standard InChI is InChI=1S/C32H36ClN5O3/c1-23-7-5-6-8-25(23)20-35-29(39)21-37-22-38(27-9-3-2-4-10-27)32(31(37)41)15-17-36(18-16-32)30(40)28(34)19-24-11-13-26(33)14-12-24/h2-14,28H,15-22,34H2,1H3,(H,35,39)/t28-/m1/s1. The minimum Gasteiger partial charge on any atom is -0.350 e. The third kappa shape index (κ3) is 6.24. The summed E-state index contributed by atoms with van der Waals surface area (Å²) in [5, 5.41) is 3.60. The number of benzene rings is 3. The Labute approximate surface area is 246 Å². The van der Waals surface area contributed by atoms with Gasteiger partial charge in [0.25, 0.3) is 5.91 Å². The lowest BCUT2D eigenvalue weighted by Crippen LogP contribution is -2.59. The summed E-state index contributed by atoms with van der Waals surface area (Å²) >= 11 is 5.98. The molecule has 5 rings (SSSR count). The van der Waals surface area contributed by atoms with Gasteiger partial charge in [0.1, 0.15) is 12.1 Å². The lowest BCUT2D eigenvalue weighted by atomic mass is 9.85. The first kappa shape index (κ1) is 28.6. The van der Waals surface area contributed by atoms with E-state index in [9.17, 15) is 14.4 Å². The van der Waals surface area contributed by atoms with Crippen LogP contribution < -0.4 is 16.0 Å². The Morgan fingerprint density at radius 1 is 0.976 bits per heavy atom. The van der Waals surface area contributed by atoms with Crippen LogP contribution in [0.2, 0.25) is 5.02 Å². The van der Waals surface area contributed by atoms with E-state index >= 15 is 0 Å². The van der Waals surface area contributed by atoms with E-state index in [1.807, 2.05) is 73.7 Å². The van der Waals surface area contributed by atoms with E-state index in [1.54, 1.807) is 21.9 Å². The van der Waals surface area contributed by atoms with Crippen LogP contribution in [0.25, 0.3) is 0 Å². The van der Waals surface area contributed by atoms with E-state index in [0.29, 0.717) is 50.6 Å². The van der Waals surface area contributed by atoms with Gasteiger partial charge in [0.15, 0.2) is 0 Å². The van der Waals surface area contributed by atoms with Crippen LogP contribution in [0, 0.1) is 6.92 Å². The number of piperidine rings is 1. The highest BCUT2D eigenvalue weighted by Gasteiger charge is 2.54. The molecule has 2 aliphatic heterocycles. The summed E-state index contributed by atoms with van der Waals surface area (Å²) in [6.45, 7) is 3.53. The Morgan fingerprint density at radius 2 is 1.63 bits per heavy atom. The van der Waals surface area contributed by atoms with Crippen molar-refractivity contribution in [3.05, 3.63) is 101 Å². The molecule has 0 radical (unpaired) electrons. The topological polar surface area (TPSA) is 99.0 Å². The molecule has 9 heteroatoms. The molecule has 1 atom stereocenters. The van der Waals surface area contributed by atoms with Crippen molar-refractivity contribution in [3.8, 4) is 0 Å². The normalized spacial score (nSPS) is 17.1. The van der Waals surface area contributed by atoms with Gasteiger partial charge < -0.3 is 25.8 Å². The summed E-state index contributed by atoms with van der Waals surface area (Å²) < 4.78 is 0. The second-order valence-electron chi connectivity index (χ2n) is 10.9. The van der Waals surface area contributed by atoms with Crippen LogP contribution in [-0.2, 0) is 27.3 Å². The predicted molar refractivity (Wildman–Crippen MR) is 160 cm³/mol. The number of nitrogens with zero attached hydrogens (tertiary/aromatic N) is 3. The number of para-hydroxylation sites is 1. The third-order valence-corrected chi connectivity index (χ3v) is 8.49. The molecule has 2 saturated heterocycles. The molecular formula is C32H36ClN5O3. The fourth-order valence-electron chi connectivity index (χ4n) is 5.85. The first-order valence-electron chi connectivity index (χ1n) is 14.0. The van der Waals surface area contributed by atoms with Crippen molar-refractivity contribution in [1.82, 2.24) is 15.1 Å². The number of aryl methyl sites for hydroxylation is 1. The highest BCUT2D eigenvalue weighted by atomic mass is 35.5. The molecule has 3 N–H and O–H groups in total. The summed E-state index contributed by atoms with van der Waals surface area (Å²) in [6, 6.07) is 24.4. The van der Waals surface area contributed by atoms with Gasteiger partial charge in [-0.25, -0.2) is 0 Å². The molecule has 214 valence electrons. The third-order valence-electron chi connectivity index (χ3n) is 8.24. The maximum absolute atomic E-state index is 14.0. The number of hydrogen-bond donors (Lipinski definition) is 2. The van der Waals surface area contributed by atoms with Crippen LogP contribution in [0.3, 0.4) is 0 Å². The van der Waals surface area contributed by atoms with E-state index in [-0.39, 0.29) is 24.3 Å². The zero-order valence-corrected chi connectivity index (χ0v) is 24.0. The highest BCUT2D eigenvalue weighted by molar-refractivity contribution is 6.30. The summed E-state index contributed by atoms with van der Waals surface area (Å²) in [5.41, 5.74) is 9.50. The van der Waals surface area contributed by atoms with Crippen molar-refractivity contribution >= 4 is 35.0 Å². The molecule has 0 bridgehead atoms. The van der Waals surface area contributed by atoms with Crippen molar-refractivity contribution in [2.75, 3.05) is 31.2 Å². The number of nitrogens with two attached hydrogens (primary N) is 1. The van der Waals surface area contributed by atoms with Crippen LogP contribution in [-0.4, -0.2) is 65.4 Å². The molecule has 3 aromatic carbocycles. The van der Waals surface area contributed by atoms with E-state index < -0.39 is 11.6 Å². The Kier molecular flexibility index (Phi) is 8.61. The molecule has 1 spiro atoms. The number of amides is 3.